The van der Waals surface area contributed by atoms with E-state index in [1.807, 2.05) is 6.92 Å². The van der Waals surface area contributed by atoms with Crippen molar-refractivity contribution in [3.05, 3.63) is 11.8 Å². The van der Waals surface area contributed by atoms with Gasteiger partial charge in [0.1, 0.15) is 13.2 Å². The second-order valence-electron chi connectivity index (χ2n) is 3.61. The predicted molar refractivity (Wildman–Crippen MR) is 57.8 cm³/mol. The lowest BCUT2D eigenvalue weighted by molar-refractivity contribution is -0.145. The third-order valence-electron chi connectivity index (χ3n) is 2.43. The van der Waals surface area contributed by atoms with Crippen molar-refractivity contribution in [3.63, 3.8) is 0 Å². The van der Waals surface area contributed by atoms with Gasteiger partial charge in [-0.15, -0.1) is 0 Å². The van der Waals surface area contributed by atoms with Crippen molar-refractivity contribution in [1.29, 1.82) is 0 Å². The third-order valence-corrected chi connectivity index (χ3v) is 2.43. The number of ether oxygens (including phenoxy) is 1. The molecule has 0 saturated carbocycles. The summed E-state index contributed by atoms with van der Waals surface area (Å²) in [6, 6.07) is 0. The van der Waals surface area contributed by atoms with Crippen LogP contribution in [0.2, 0.25) is 0 Å². The minimum absolute atomic E-state index is 0.169. The average molecular weight is 227 g/mol. The van der Waals surface area contributed by atoms with Crippen molar-refractivity contribution in [2.75, 3.05) is 19.8 Å². The molecule has 0 bridgehead atoms. The van der Waals surface area contributed by atoms with E-state index in [0.29, 0.717) is 6.54 Å². The van der Waals surface area contributed by atoms with Crippen LogP contribution in [0.1, 0.15) is 26.2 Å². The zero-order valence-electron chi connectivity index (χ0n) is 9.44. The van der Waals surface area contributed by atoms with E-state index in [0.717, 1.165) is 25.0 Å². The molecule has 0 aromatic heterocycles. The molecule has 1 amide bonds. The predicted octanol–water partition coefficient (Wildman–Crippen LogP) is 1.00. The summed E-state index contributed by atoms with van der Waals surface area (Å²) < 4.78 is 4.78. The molecule has 5 nitrogen and oxygen atoms in total. The summed E-state index contributed by atoms with van der Waals surface area (Å²) in [4.78, 5) is 23.6. The van der Waals surface area contributed by atoms with Gasteiger partial charge < -0.3 is 14.7 Å². The molecule has 0 spiro atoms. The van der Waals surface area contributed by atoms with Crippen molar-refractivity contribution in [2.45, 2.75) is 26.2 Å². The number of carboxylic acid groups (broad SMARTS) is 1. The van der Waals surface area contributed by atoms with E-state index in [-0.39, 0.29) is 12.5 Å². The maximum absolute atomic E-state index is 11.7. The number of rotatable bonds is 6. The quantitative estimate of drug-likeness (QED) is 0.735. The van der Waals surface area contributed by atoms with E-state index in [1.165, 1.54) is 0 Å². The molecular weight excluding hydrogens is 210 g/mol. The van der Waals surface area contributed by atoms with E-state index >= 15 is 0 Å². The molecule has 0 radical (unpaired) electrons. The maximum atomic E-state index is 11.7. The number of allylic oxidation sites excluding steroid dienone is 2. The molecule has 1 aliphatic rings. The number of aliphatic carboxylic acids is 1. The molecule has 0 aliphatic heterocycles. The zero-order valence-corrected chi connectivity index (χ0v) is 9.44. The molecule has 1 aliphatic carbocycles. The van der Waals surface area contributed by atoms with Crippen molar-refractivity contribution < 1.29 is 19.4 Å². The lowest BCUT2D eigenvalue weighted by Crippen LogP contribution is -2.33. The highest BCUT2D eigenvalue weighted by Gasteiger charge is 2.18. The number of hydrogen-bond donors (Lipinski definition) is 1. The monoisotopic (exact) mass is 227 g/mol. The molecule has 1 N–H and O–H groups in total. The molecule has 0 fully saturated rings. The number of nitrogens with zero attached hydrogens (tertiary/aromatic N) is 1. The Morgan fingerprint density at radius 2 is 2.25 bits per heavy atom. The summed E-state index contributed by atoms with van der Waals surface area (Å²) in [5, 5.41) is 8.37. The molecule has 0 unspecified atom stereocenters. The van der Waals surface area contributed by atoms with Crippen molar-refractivity contribution >= 4 is 11.9 Å². The largest absolute Gasteiger partial charge is 0.480 e. The minimum atomic E-state index is -1.06. The molecule has 0 heterocycles. The van der Waals surface area contributed by atoms with E-state index in [4.69, 9.17) is 9.84 Å². The van der Waals surface area contributed by atoms with Gasteiger partial charge >= 0.3 is 5.97 Å². The zero-order chi connectivity index (χ0) is 12.0. The van der Waals surface area contributed by atoms with Gasteiger partial charge in [-0.2, -0.15) is 0 Å². The summed E-state index contributed by atoms with van der Waals surface area (Å²) >= 11 is 0. The Balaban J connectivity index is 2.40. The van der Waals surface area contributed by atoms with Crippen LogP contribution in [0.5, 0.6) is 0 Å². The third kappa shape index (κ3) is 3.66. The molecule has 0 aromatic carbocycles. The Morgan fingerprint density at radius 1 is 1.50 bits per heavy atom. The van der Waals surface area contributed by atoms with E-state index in [1.54, 1.807) is 4.90 Å². The normalized spacial score (nSPS) is 14.7. The molecule has 0 atom stereocenters. The van der Waals surface area contributed by atoms with Gasteiger partial charge in [0, 0.05) is 12.2 Å². The van der Waals surface area contributed by atoms with Crippen LogP contribution < -0.4 is 0 Å². The molecule has 0 aromatic rings. The first-order valence-electron chi connectivity index (χ1n) is 5.44. The van der Waals surface area contributed by atoms with Crippen LogP contribution in [-0.2, 0) is 14.3 Å². The number of hydrogen-bond acceptors (Lipinski definition) is 3. The van der Waals surface area contributed by atoms with Gasteiger partial charge in [-0.25, -0.2) is 4.79 Å². The molecule has 16 heavy (non-hydrogen) atoms. The Kier molecular flexibility index (Phi) is 4.98. The van der Waals surface area contributed by atoms with Gasteiger partial charge in [-0.05, 0) is 26.2 Å². The van der Waals surface area contributed by atoms with Crippen molar-refractivity contribution in [2.24, 2.45) is 0 Å². The Labute approximate surface area is 94.7 Å². The summed E-state index contributed by atoms with van der Waals surface area (Å²) in [7, 11) is 0. The molecular formula is C11H17NO4. The van der Waals surface area contributed by atoms with Crippen molar-refractivity contribution in [3.8, 4) is 0 Å². The van der Waals surface area contributed by atoms with Crippen molar-refractivity contribution in [1.82, 2.24) is 4.90 Å². The Bertz CT molecular complexity index is 298. The number of carboxylic acids is 1. The fourth-order valence-corrected chi connectivity index (χ4v) is 1.74. The standard InChI is InChI=1S/C11H17NO4/c1-2-12(9-5-3-4-6-9)10(13)7-16-8-11(14)15/h5H,2-4,6-8H2,1H3,(H,14,15). The van der Waals surface area contributed by atoms with Crippen LogP contribution in [0.3, 0.4) is 0 Å². The fourth-order valence-electron chi connectivity index (χ4n) is 1.74. The van der Waals surface area contributed by atoms with E-state index in [2.05, 4.69) is 6.08 Å². The van der Waals surface area contributed by atoms with Crippen LogP contribution in [0, 0.1) is 0 Å². The minimum Gasteiger partial charge on any atom is -0.480 e. The van der Waals surface area contributed by atoms with Gasteiger partial charge in [0.15, 0.2) is 0 Å². The first-order valence-corrected chi connectivity index (χ1v) is 5.44. The molecule has 5 heteroatoms. The summed E-state index contributed by atoms with van der Waals surface area (Å²) in [6.45, 7) is 1.90. The van der Waals surface area contributed by atoms with Crippen LogP contribution in [0.4, 0.5) is 0 Å². The topological polar surface area (TPSA) is 66.8 Å². The van der Waals surface area contributed by atoms with E-state index < -0.39 is 12.6 Å². The summed E-state index contributed by atoms with van der Waals surface area (Å²) in [5.41, 5.74) is 1.03. The molecule has 0 saturated heterocycles. The highest BCUT2D eigenvalue weighted by atomic mass is 16.5. The summed E-state index contributed by atoms with van der Waals surface area (Å²) in [5.74, 6) is -1.23. The van der Waals surface area contributed by atoms with Crippen LogP contribution in [-0.4, -0.2) is 41.6 Å². The lowest BCUT2D eigenvalue weighted by Gasteiger charge is -2.21. The number of carbonyl (C=O) groups excluding carboxylic acids is 1. The van der Waals surface area contributed by atoms with Gasteiger partial charge in [0.2, 0.25) is 0 Å². The maximum Gasteiger partial charge on any atom is 0.329 e. The number of carbonyl (C=O) groups is 2. The van der Waals surface area contributed by atoms with Gasteiger partial charge in [-0.1, -0.05) is 6.08 Å². The Hall–Kier alpha value is -1.36. The molecule has 90 valence electrons. The number of amides is 1. The number of likely N-dealkylation sites (N-methyl/N-ethyl adjacent to an activating group) is 1. The SMILES string of the molecule is CCN(C(=O)COCC(=O)O)C1=CCCC1. The van der Waals surface area contributed by atoms with Gasteiger partial charge in [0.05, 0.1) is 0 Å². The van der Waals surface area contributed by atoms with Crippen LogP contribution in [0.25, 0.3) is 0 Å². The van der Waals surface area contributed by atoms with E-state index in [9.17, 15) is 9.59 Å². The van der Waals surface area contributed by atoms with Gasteiger partial charge in [-0.3, -0.25) is 4.79 Å². The fraction of sp³-hybridized carbons (Fsp3) is 0.636. The first-order chi connectivity index (χ1) is 7.65. The second kappa shape index (κ2) is 6.27. The average Bonchev–Trinajstić information content (AvgIpc) is 2.71. The molecule has 1 rings (SSSR count). The first kappa shape index (κ1) is 12.7. The highest BCUT2D eigenvalue weighted by Crippen LogP contribution is 2.21. The highest BCUT2D eigenvalue weighted by molar-refractivity contribution is 5.79. The van der Waals surface area contributed by atoms with Gasteiger partial charge in [0.25, 0.3) is 5.91 Å². The Morgan fingerprint density at radius 3 is 2.75 bits per heavy atom. The smallest absolute Gasteiger partial charge is 0.329 e. The lowest BCUT2D eigenvalue weighted by atomic mass is 10.3. The van der Waals surface area contributed by atoms with Crippen LogP contribution in [0.15, 0.2) is 11.8 Å². The summed E-state index contributed by atoms with van der Waals surface area (Å²) in [6.07, 6.45) is 5.06. The van der Waals surface area contributed by atoms with Crippen LogP contribution >= 0.6 is 0 Å². The second-order valence-corrected chi connectivity index (χ2v) is 3.61.